The summed E-state index contributed by atoms with van der Waals surface area (Å²) in [6.45, 7) is -0.919. The second kappa shape index (κ2) is 7.38. The molecule has 0 aliphatic rings. The van der Waals surface area contributed by atoms with Gasteiger partial charge in [0.15, 0.2) is 0 Å². The zero-order valence-electron chi connectivity index (χ0n) is 14.7. The molecule has 0 radical (unpaired) electrons. The van der Waals surface area contributed by atoms with Crippen LogP contribution >= 0.6 is 0 Å². The Morgan fingerprint density at radius 3 is 1.00 bits per heavy atom. The monoisotopic (exact) mass is 508 g/mol. The maximum Gasteiger partial charge on any atom is 0.434 e. The molecule has 188 valence electrons. The lowest BCUT2D eigenvalue weighted by Gasteiger charge is -2.46. The van der Waals surface area contributed by atoms with E-state index in [1.165, 1.54) is 0 Å². The Kier molecular flexibility index (Phi) is 7.08. The molecule has 0 aliphatic heterocycles. The van der Waals surface area contributed by atoms with Crippen molar-refractivity contribution in [2.75, 3.05) is 0 Å². The zero-order chi connectivity index (χ0) is 25.9. The number of rotatable bonds is 9. The molecule has 0 aromatic heterocycles. The molecule has 18 heteroatoms. The maximum atomic E-state index is 13.6. The van der Waals surface area contributed by atoms with Gasteiger partial charge in [0.05, 0.1) is 0 Å². The first-order valence-corrected chi connectivity index (χ1v) is 7.46. The predicted molar refractivity (Wildman–Crippen MR) is 65.1 cm³/mol. The molecule has 0 spiro atoms. The normalized spacial score (nSPS) is 18.2. The minimum atomic E-state index is -8.71. The predicted octanol–water partition coefficient (Wildman–Crippen LogP) is 7.52. The average molecular weight is 508 g/mol. The van der Waals surface area contributed by atoms with Crippen molar-refractivity contribution in [3.05, 3.63) is 0 Å². The molecule has 0 saturated carbocycles. The molecule has 0 fully saturated rings. The third-order valence-electron chi connectivity index (χ3n) is 4.03. The van der Waals surface area contributed by atoms with Crippen LogP contribution in [0.25, 0.3) is 0 Å². The second-order valence-electron chi connectivity index (χ2n) is 6.37. The van der Waals surface area contributed by atoms with Crippen LogP contribution in [0, 0.1) is 0 Å². The van der Waals surface area contributed by atoms with E-state index < -0.39 is 73.1 Å². The summed E-state index contributed by atoms with van der Waals surface area (Å²) in [5.41, 5.74) is -8.03. The average Bonchev–Trinajstić information content (AvgIpc) is 2.50. The van der Waals surface area contributed by atoms with Crippen LogP contribution in [-0.4, -0.2) is 53.3 Å². The maximum absolute atomic E-state index is 13.6. The first-order chi connectivity index (χ1) is 13.1. The van der Waals surface area contributed by atoms with E-state index in [1.54, 1.807) is 0 Å². The molecule has 0 nitrogen and oxygen atoms in total. The van der Waals surface area contributed by atoms with Crippen molar-refractivity contribution in [1.29, 1.82) is 0 Å². The fraction of sp³-hybridized carbons (Fsp3) is 1.00. The Morgan fingerprint density at radius 1 is 0.452 bits per heavy atom. The standard InChI is InChI=1S/C13H10F18/c1-3-4-6(16,17)8(19,20)10(23,24)12(27,28)11(25,26)9(21,22)7(18,5(2,14)15)13(29,30)31/h3-4H2,1-2H3. The summed E-state index contributed by atoms with van der Waals surface area (Å²) in [7, 11) is 0. The topological polar surface area (TPSA) is 0 Å². The molecule has 0 N–H and O–H groups in total. The molecule has 1 unspecified atom stereocenters. The van der Waals surface area contributed by atoms with E-state index in [0.717, 1.165) is 0 Å². The van der Waals surface area contributed by atoms with Crippen LogP contribution in [0.15, 0.2) is 0 Å². The molecule has 31 heavy (non-hydrogen) atoms. The van der Waals surface area contributed by atoms with Crippen LogP contribution in [0.1, 0.15) is 26.7 Å². The summed E-state index contributed by atoms with van der Waals surface area (Å²) in [6.07, 6.45) is -11.5. The van der Waals surface area contributed by atoms with Gasteiger partial charge in [-0.25, -0.2) is 13.2 Å². The van der Waals surface area contributed by atoms with Crippen molar-refractivity contribution in [3.8, 4) is 0 Å². The molecule has 0 aromatic carbocycles. The quantitative estimate of drug-likeness (QED) is 0.283. The number of alkyl halides is 18. The van der Waals surface area contributed by atoms with E-state index in [0.29, 0.717) is 6.92 Å². The molecule has 0 amide bonds. The van der Waals surface area contributed by atoms with Crippen molar-refractivity contribution in [2.24, 2.45) is 0 Å². The Balaban J connectivity index is 7.03. The van der Waals surface area contributed by atoms with Crippen molar-refractivity contribution in [2.45, 2.75) is 80.0 Å². The van der Waals surface area contributed by atoms with E-state index in [-0.39, 0.29) is 0 Å². The van der Waals surface area contributed by atoms with Gasteiger partial charge in [0.25, 0.3) is 5.92 Å². The minimum Gasteiger partial charge on any atom is -0.220 e. The Morgan fingerprint density at radius 2 is 0.742 bits per heavy atom. The van der Waals surface area contributed by atoms with Gasteiger partial charge in [0.2, 0.25) is 0 Å². The zero-order valence-corrected chi connectivity index (χ0v) is 14.7. The summed E-state index contributed by atoms with van der Waals surface area (Å²) in [6, 6.07) is 0. The largest absolute Gasteiger partial charge is 0.434 e. The molecule has 0 aliphatic carbocycles. The van der Waals surface area contributed by atoms with E-state index >= 15 is 0 Å². The number of halogens is 18. The number of hydrogen-bond donors (Lipinski definition) is 0. The summed E-state index contributed by atoms with van der Waals surface area (Å²) in [4.78, 5) is 0. The summed E-state index contributed by atoms with van der Waals surface area (Å²) < 4.78 is 238. The first kappa shape index (κ1) is 29.7. The second-order valence-corrected chi connectivity index (χ2v) is 6.37. The van der Waals surface area contributed by atoms with Crippen LogP contribution in [0.5, 0.6) is 0 Å². The summed E-state index contributed by atoms with van der Waals surface area (Å²) in [5.74, 6) is -54.9. The van der Waals surface area contributed by atoms with Gasteiger partial charge in [-0.3, -0.25) is 0 Å². The molecule has 0 saturated heterocycles. The number of hydrogen-bond acceptors (Lipinski definition) is 0. The van der Waals surface area contributed by atoms with Gasteiger partial charge in [-0.05, 0) is 0 Å². The first-order valence-electron chi connectivity index (χ1n) is 7.46. The van der Waals surface area contributed by atoms with Crippen molar-refractivity contribution >= 4 is 0 Å². The van der Waals surface area contributed by atoms with Crippen molar-refractivity contribution in [1.82, 2.24) is 0 Å². The summed E-state index contributed by atoms with van der Waals surface area (Å²) >= 11 is 0. The van der Waals surface area contributed by atoms with E-state index in [1.807, 2.05) is 0 Å². The highest BCUT2D eigenvalue weighted by Gasteiger charge is 2.97. The van der Waals surface area contributed by atoms with Gasteiger partial charge in [-0.1, -0.05) is 13.3 Å². The van der Waals surface area contributed by atoms with Gasteiger partial charge in [0, 0.05) is 13.3 Å². The van der Waals surface area contributed by atoms with E-state index in [2.05, 4.69) is 0 Å². The third kappa shape index (κ3) is 3.68. The van der Waals surface area contributed by atoms with E-state index in [9.17, 15) is 79.0 Å². The fourth-order valence-corrected chi connectivity index (χ4v) is 2.21. The molecular formula is C13H10F18. The lowest BCUT2D eigenvalue weighted by atomic mass is 9.81. The van der Waals surface area contributed by atoms with Crippen LogP contribution in [-0.2, 0) is 0 Å². The van der Waals surface area contributed by atoms with Crippen molar-refractivity contribution in [3.63, 3.8) is 0 Å². The van der Waals surface area contributed by atoms with Gasteiger partial charge in [-0.2, -0.15) is 65.9 Å². The minimum absolute atomic E-state index is 0.563. The Labute approximate surface area is 160 Å². The van der Waals surface area contributed by atoms with Gasteiger partial charge >= 0.3 is 47.4 Å². The van der Waals surface area contributed by atoms with Gasteiger partial charge in [-0.15, -0.1) is 0 Å². The molecule has 0 bridgehead atoms. The van der Waals surface area contributed by atoms with Crippen LogP contribution in [0.4, 0.5) is 79.0 Å². The summed E-state index contributed by atoms with van der Waals surface area (Å²) in [5, 5.41) is 0. The fourth-order valence-electron chi connectivity index (χ4n) is 2.21. The lowest BCUT2D eigenvalue weighted by molar-refractivity contribution is -0.461. The van der Waals surface area contributed by atoms with Gasteiger partial charge in [0.1, 0.15) is 0 Å². The highest BCUT2D eigenvalue weighted by atomic mass is 19.4. The van der Waals surface area contributed by atoms with Crippen LogP contribution in [0.2, 0.25) is 0 Å². The Bertz CT molecular complexity index is 622. The molecule has 0 aromatic rings. The molecule has 0 heterocycles. The van der Waals surface area contributed by atoms with Crippen molar-refractivity contribution < 1.29 is 79.0 Å². The molecule has 0 rings (SSSR count). The highest BCUT2D eigenvalue weighted by molar-refractivity contribution is 5.19. The Hall–Kier alpha value is -1.26. The van der Waals surface area contributed by atoms with Crippen LogP contribution < -0.4 is 0 Å². The van der Waals surface area contributed by atoms with E-state index in [4.69, 9.17) is 0 Å². The van der Waals surface area contributed by atoms with Crippen LogP contribution in [0.3, 0.4) is 0 Å². The smallest absolute Gasteiger partial charge is 0.220 e. The molecule has 1 atom stereocenters. The molecular weight excluding hydrogens is 498 g/mol. The SMILES string of the molecule is CCCC(F)(F)C(F)(F)C(F)(F)C(F)(F)C(F)(F)C(F)(F)C(F)(C(C)(F)F)C(F)(F)F. The van der Waals surface area contributed by atoms with Gasteiger partial charge < -0.3 is 0 Å². The third-order valence-corrected chi connectivity index (χ3v) is 4.03. The lowest BCUT2D eigenvalue weighted by Crippen LogP contribution is -2.77. The highest BCUT2D eigenvalue weighted by Crippen LogP contribution is 2.66.